The minimum absolute atomic E-state index is 0.185. The van der Waals surface area contributed by atoms with Crippen LogP contribution in [0.4, 0.5) is 19.0 Å². The summed E-state index contributed by atoms with van der Waals surface area (Å²) in [6.45, 7) is 2.88. The van der Waals surface area contributed by atoms with Gasteiger partial charge in [-0.3, -0.25) is 9.48 Å². The van der Waals surface area contributed by atoms with Crippen molar-refractivity contribution in [2.45, 2.75) is 32.5 Å². The minimum Gasteiger partial charge on any atom is -0.363 e. The van der Waals surface area contributed by atoms with Gasteiger partial charge in [0.25, 0.3) is 0 Å². The zero-order valence-corrected chi connectivity index (χ0v) is 14.1. The van der Waals surface area contributed by atoms with Crippen molar-refractivity contribution in [3.8, 4) is 0 Å². The van der Waals surface area contributed by atoms with Gasteiger partial charge in [0.05, 0.1) is 12.2 Å². The van der Waals surface area contributed by atoms with E-state index in [1.54, 1.807) is 4.68 Å². The molecule has 23 heavy (non-hydrogen) atoms. The van der Waals surface area contributed by atoms with E-state index in [2.05, 4.69) is 10.4 Å². The molecule has 0 unspecified atom stereocenters. The summed E-state index contributed by atoms with van der Waals surface area (Å²) in [5.41, 5.74) is 1.84. The van der Waals surface area contributed by atoms with Crippen LogP contribution in [0.2, 0.25) is 0 Å². The number of amides is 1. The van der Waals surface area contributed by atoms with Gasteiger partial charge in [0.1, 0.15) is 12.4 Å². The van der Waals surface area contributed by atoms with Crippen LogP contribution in [0, 0.1) is 0 Å². The van der Waals surface area contributed by atoms with E-state index in [0.29, 0.717) is 6.54 Å². The van der Waals surface area contributed by atoms with Crippen molar-refractivity contribution in [1.29, 1.82) is 0 Å². The average Bonchev–Trinajstić information content (AvgIpc) is 2.73. The zero-order chi connectivity index (χ0) is 17.8. The lowest BCUT2D eigenvalue weighted by Crippen LogP contribution is -2.39. The van der Waals surface area contributed by atoms with Gasteiger partial charge < -0.3 is 15.5 Å². The maximum absolute atomic E-state index is 12.0. The number of nitrogens with one attached hydrogen (secondary N) is 2. The molecule has 0 aromatic carbocycles. The third-order valence-corrected chi connectivity index (χ3v) is 3.19. The molecule has 0 fully saturated rings. The maximum atomic E-state index is 12.0. The molecular weight excluding hydrogens is 311 g/mol. The molecule has 0 atom stereocenters. The Balaban J connectivity index is 2.69. The lowest BCUT2D eigenvalue weighted by atomic mass is 10.1. The van der Waals surface area contributed by atoms with E-state index in [0.717, 1.165) is 17.1 Å². The van der Waals surface area contributed by atoms with Gasteiger partial charge in [0.15, 0.2) is 0 Å². The van der Waals surface area contributed by atoms with Crippen molar-refractivity contribution < 1.29 is 18.0 Å². The zero-order valence-electron chi connectivity index (χ0n) is 14.1. The monoisotopic (exact) mass is 335 g/mol. The van der Waals surface area contributed by atoms with Gasteiger partial charge in [0, 0.05) is 33.3 Å². The minimum atomic E-state index is -4.40. The van der Waals surface area contributed by atoms with Crippen molar-refractivity contribution in [3.05, 3.63) is 11.3 Å². The number of hydrogen-bond donors (Lipinski definition) is 2. The Morgan fingerprint density at radius 2 is 1.96 bits per heavy atom. The van der Waals surface area contributed by atoms with Crippen molar-refractivity contribution in [3.63, 3.8) is 0 Å². The Morgan fingerprint density at radius 1 is 1.35 bits per heavy atom. The topological polar surface area (TPSA) is 62.2 Å². The van der Waals surface area contributed by atoms with Gasteiger partial charge in [-0.2, -0.15) is 18.3 Å². The fraction of sp³-hybridized carbons (Fsp3) is 0.714. The van der Waals surface area contributed by atoms with Crippen molar-refractivity contribution >= 4 is 11.7 Å². The molecule has 9 heteroatoms. The summed E-state index contributed by atoms with van der Waals surface area (Å²) in [7, 11) is 5.61. The van der Waals surface area contributed by atoms with E-state index < -0.39 is 18.6 Å². The molecule has 0 radical (unpaired) electrons. The highest BCUT2D eigenvalue weighted by molar-refractivity contribution is 5.78. The van der Waals surface area contributed by atoms with Crippen molar-refractivity contribution in [1.82, 2.24) is 20.4 Å². The van der Waals surface area contributed by atoms with Crippen LogP contribution in [0.3, 0.4) is 0 Å². The average molecular weight is 335 g/mol. The fourth-order valence-corrected chi connectivity index (χ4v) is 2.33. The molecule has 1 heterocycles. The molecule has 132 valence electrons. The fourth-order valence-electron chi connectivity index (χ4n) is 2.33. The second kappa shape index (κ2) is 7.67. The van der Waals surface area contributed by atoms with E-state index in [1.165, 1.54) is 0 Å². The molecule has 0 saturated carbocycles. The number of aryl methyl sites for hydroxylation is 1. The highest BCUT2D eigenvalue weighted by Crippen LogP contribution is 2.26. The summed E-state index contributed by atoms with van der Waals surface area (Å²) in [4.78, 5) is 13.3. The standard InChI is InChI=1S/C14H24F3N5O/c1-9(2)12-10(13(21(3)4)22(5)20-12)6-18-7-11(23)19-8-14(15,16)17/h9,18H,6-8H2,1-5H3,(H,19,23). The van der Waals surface area contributed by atoms with Crippen LogP contribution in [0.1, 0.15) is 31.0 Å². The maximum Gasteiger partial charge on any atom is 0.405 e. The Bertz CT molecular complexity index is 537. The molecule has 0 aliphatic rings. The predicted molar refractivity (Wildman–Crippen MR) is 82.4 cm³/mol. The lowest BCUT2D eigenvalue weighted by molar-refractivity contribution is -0.137. The first-order chi connectivity index (χ1) is 10.5. The Kier molecular flexibility index (Phi) is 6.43. The number of aromatic nitrogens is 2. The summed E-state index contributed by atoms with van der Waals surface area (Å²) in [5.74, 6) is 0.409. The number of rotatable bonds is 7. The first-order valence-electron chi connectivity index (χ1n) is 7.30. The summed E-state index contributed by atoms with van der Waals surface area (Å²) in [5, 5.41) is 9.20. The lowest BCUT2D eigenvalue weighted by Gasteiger charge is -2.16. The molecule has 0 aliphatic carbocycles. The van der Waals surface area contributed by atoms with Crippen LogP contribution in [0.5, 0.6) is 0 Å². The number of halogens is 3. The van der Waals surface area contributed by atoms with Gasteiger partial charge in [-0.1, -0.05) is 13.8 Å². The van der Waals surface area contributed by atoms with Crippen LogP contribution in [-0.4, -0.2) is 49.0 Å². The van der Waals surface area contributed by atoms with Gasteiger partial charge in [-0.15, -0.1) is 0 Å². The highest BCUT2D eigenvalue weighted by Gasteiger charge is 2.27. The normalized spacial score (nSPS) is 11.9. The van der Waals surface area contributed by atoms with Crippen LogP contribution in [-0.2, 0) is 18.4 Å². The largest absolute Gasteiger partial charge is 0.405 e. The summed E-state index contributed by atoms with van der Waals surface area (Å²) in [6, 6.07) is 0. The molecule has 0 spiro atoms. The van der Waals surface area contributed by atoms with Gasteiger partial charge >= 0.3 is 6.18 Å². The molecule has 6 nitrogen and oxygen atoms in total. The molecule has 1 aromatic heterocycles. The number of hydrogen-bond acceptors (Lipinski definition) is 4. The first kappa shape index (κ1) is 19.3. The molecule has 0 aliphatic heterocycles. The van der Waals surface area contributed by atoms with Gasteiger partial charge in [-0.05, 0) is 5.92 Å². The van der Waals surface area contributed by atoms with Crippen LogP contribution < -0.4 is 15.5 Å². The third-order valence-electron chi connectivity index (χ3n) is 3.19. The smallest absolute Gasteiger partial charge is 0.363 e. The number of carbonyl (C=O) groups is 1. The molecule has 0 saturated heterocycles. The van der Waals surface area contributed by atoms with Crippen molar-refractivity contribution in [2.75, 3.05) is 32.1 Å². The van der Waals surface area contributed by atoms with Crippen LogP contribution >= 0.6 is 0 Å². The Labute approximate surface area is 134 Å². The highest BCUT2D eigenvalue weighted by atomic mass is 19.4. The number of alkyl halides is 3. The number of anilines is 1. The predicted octanol–water partition coefficient (Wildman–Crippen LogP) is 1.38. The van der Waals surface area contributed by atoms with E-state index in [4.69, 9.17) is 0 Å². The molecule has 1 rings (SSSR count). The summed E-state index contributed by atoms with van der Waals surface area (Å²) < 4.78 is 37.9. The van der Waals surface area contributed by atoms with E-state index in [-0.39, 0.29) is 12.5 Å². The summed E-state index contributed by atoms with van der Waals surface area (Å²) >= 11 is 0. The molecular formula is C14H24F3N5O. The van der Waals surface area contributed by atoms with Crippen LogP contribution in [0.25, 0.3) is 0 Å². The second-order valence-electron chi connectivity index (χ2n) is 5.86. The van der Waals surface area contributed by atoms with E-state index in [9.17, 15) is 18.0 Å². The third kappa shape index (κ3) is 5.74. The molecule has 1 aromatic rings. The van der Waals surface area contributed by atoms with E-state index in [1.807, 2.05) is 45.2 Å². The second-order valence-corrected chi connectivity index (χ2v) is 5.86. The van der Waals surface area contributed by atoms with Crippen LogP contribution in [0.15, 0.2) is 0 Å². The molecule has 0 bridgehead atoms. The first-order valence-corrected chi connectivity index (χ1v) is 7.30. The number of carbonyl (C=O) groups excluding carboxylic acids is 1. The van der Waals surface area contributed by atoms with Gasteiger partial charge in [-0.25, -0.2) is 0 Å². The van der Waals surface area contributed by atoms with Crippen molar-refractivity contribution in [2.24, 2.45) is 7.05 Å². The Morgan fingerprint density at radius 3 is 2.43 bits per heavy atom. The quantitative estimate of drug-likeness (QED) is 0.790. The van der Waals surface area contributed by atoms with E-state index >= 15 is 0 Å². The molecule has 2 N–H and O–H groups in total. The summed E-state index contributed by atoms with van der Waals surface area (Å²) in [6.07, 6.45) is -4.40. The number of nitrogens with zero attached hydrogens (tertiary/aromatic N) is 3. The molecule has 1 amide bonds. The van der Waals surface area contributed by atoms with Gasteiger partial charge in [0.2, 0.25) is 5.91 Å². The Hall–Kier alpha value is -1.77. The SMILES string of the molecule is CC(C)c1nn(C)c(N(C)C)c1CNCC(=O)NCC(F)(F)F.